The molecule has 0 radical (unpaired) electrons. The van der Waals surface area contributed by atoms with Crippen LogP contribution in [0, 0.1) is 0 Å². The van der Waals surface area contributed by atoms with Crippen LogP contribution in [0.5, 0.6) is 0 Å². The van der Waals surface area contributed by atoms with Crippen molar-refractivity contribution in [1.29, 1.82) is 0 Å². The Kier molecular flexibility index (Phi) is 3.79. The maximum Gasteiger partial charge on any atom is 0.227 e. The zero-order valence-corrected chi connectivity index (χ0v) is 11.9. The van der Waals surface area contributed by atoms with Gasteiger partial charge in [0.2, 0.25) is 11.7 Å². The van der Waals surface area contributed by atoms with Gasteiger partial charge < -0.3 is 10.3 Å². The van der Waals surface area contributed by atoms with E-state index in [1.54, 1.807) is 4.68 Å². The molecule has 2 heterocycles. The van der Waals surface area contributed by atoms with Gasteiger partial charge in [0.05, 0.1) is 6.20 Å². The number of aryl methyl sites for hydroxylation is 3. The molecule has 0 unspecified atom stereocenters. The summed E-state index contributed by atoms with van der Waals surface area (Å²) < 4.78 is 7.08. The molecule has 0 amide bonds. The van der Waals surface area contributed by atoms with Crippen LogP contribution in [0.4, 0.5) is 0 Å². The Labute approximate surface area is 122 Å². The van der Waals surface area contributed by atoms with Crippen LogP contribution in [-0.2, 0) is 26.4 Å². The summed E-state index contributed by atoms with van der Waals surface area (Å²) in [5.74, 6) is 1.25. The molecule has 108 valence electrons. The normalized spacial score (nSPS) is 11.0. The second-order valence-electron chi connectivity index (χ2n) is 4.94. The summed E-state index contributed by atoms with van der Waals surface area (Å²) in [4.78, 5) is 4.42. The number of benzene rings is 1. The molecule has 0 bridgehead atoms. The first-order valence-corrected chi connectivity index (χ1v) is 6.84. The molecule has 6 heteroatoms. The lowest BCUT2D eigenvalue weighted by Crippen LogP contribution is -1.95. The largest absolute Gasteiger partial charge is 0.339 e. The molecule has 1 aromatic carbocycles. The highest BCUT2D eigenvalue weighted by Crippen LogP contribution is 2.17. The van der Waals surface area contributed by atoms with Gasteiger partial charge in [-0.05, 0) is 17.5 Å². The fraction of sp³-hybridized carbons (Fsp3) is 0.267. The quantitative estimate of drug-likeness (QED) is 0.770. The van der Waals surface area contributed by atoms with Gasteiger partial charge in [-0.3, -0.25) is 4.68 Å². The van der Waals surface area contributed by atoms with Gasteiger partial charge in [-0.2, -0.15) is 10.1 Å². The van der Waals surface area contributed by atoms with E-state index in [2.05, 4.69) is 15.2 Å². The first kappa shape index (κ1) is 13.5. The summed E-state index contributed by atoms with van der Waals surface area (Å²) in [5.41, 5.74) is 8.76. The molecule has 0 aliphatic heterocycles. The van der Waals surface area contributed by atoms with Crippen LogP contribution in [0.2, 0.25) is 0 Å². The molecular weight excluding hydrogens is 266 g/mol. The molecule has 21 heavy (non-hydrogen) atoms. The molecular formula is C15H17N5O. The number of hydrogen-bond donors (Lipinski definition) is 1. The summed E-state index contributed by atoms with van der Waals surface area (Å²) in [5, 5.41) is 8.16. The van der Waals surface area contributed by atoms with Crippen LogP contribution < -0.4 is 5.73 Å². The summed E-state index contributed by atoms with van der Waals surface area (Å²) in [6, 6.07) is 7.86. The topological polar surface area (TPSA) is 82.8 Å². The van der Waals surface area contributed by atoms with Gasteiger partial charge in [0.1, 0.15) is 0 Å². The van der Waals surface area contributed by atoms with Crippen molar-refractivity contribution in [3.05, 3.63) is 53.7 Å². The zero-order chi connectivity index (χ0) is 14.7. The Bertz CT molecular complexity index is 714. The summed E-state index contributed by atoms with van der Waals surface area (Å²) >= 11 is 0. The van der Waals surface area contributed by atoms with Gasteiger partial charge in [0.25, 0.3) is 0 Å². The molecule has 3 rings (SSSR count). The lowest BCUT2D eigenvalue weighted by molar-refractivity contribution is 0.379. The zero-order valence-electron chi connectivity index (χ0n) is 11.9. The van der Waals surface area contributed by atoms with Crippen molar-refractivity contribution in [3.63, 3.8) is 0 Å². The second-order valence-corrected chi connectivity index (χ2v) is 4.94. The van der Waals surface area contributed by atoms with E-state index in [0.29, 0.717) is 24.7 Å². The van der Waals surface area contributed by atoms with Gasteiger partial charge in [-0.25, -0.2) is 0 Å². The van der Waals surface area contributed by atoms with Crippen molar-refractivity contribution >= 4 is 0 Å². The van der Waals surface area contributed by atoms with E-state index in [0.717, 1.165) is 23.1 Å². The van der Waals surface area contributed by atoms with Gasteiger partial charge in [0, 0.05) is 31.8 Å². The lowest BCUT2D eigenvalue weighted by Gasteiger charge is -1.97. The third-order valence-corrected chi connectivity index (χ3v) is 3.30. The summed E-state index contributed by atoms with van der Waals surface area (Å²) in [6.45, 7) is 0.531. The standard InChI is InChI=1S/C15H17N5O/c1-20-10-12(9-17-20)4-7-14-18-15(19-21-14)13-5-2-11(8-16)3-6-13/h2-3,5-6,9-10H,4,7-8,16H2,1H3. The molecule has 0 saturated heterocycles. The fourth-order valence-corrected chi connectivity index (χ4v) is 2.12. The van der Waals surface area contributed by atoms with Crippen molar-refractivity contribution in [2.75, 3.05) is 0 Å². The predicted molar refractivity (Wildman–Crippen MR) is 78.2 cm³/mol. The van der Waals surface area contributed by atoms with Gasteiger partial charge in [-0.15, -0.1) is 0 Å². The Hall–Kier alpha value is -2.47. The predicted octanol–water partition coefficient (Wildman–Crippen LogP) is 1.71. The molecule has 0 atom stereocenters. The third kappa shape index (κ3) is 3.17. The van der Waals surface area contributed by atoms with Crippen LogP contribution in [0.15, 0.2) is 41.2 Å². The molecule has 0 fully saturated rings. The van der Waals surface area contributed by atoms with E-state index in [1.807, 2.05) is 43.7 Å². The van der Waals surface area contributed by atoms with E-state index >= 15 is 0 Å². The highest BCUT2D eigenvalue weighted by molar-refractivity contribution is 5.54. The Balaban J connectivity index is 1.67. The minimum atomic E-state index is 0.531. The minimum Gasteiger partial charge on any atom is -0.339 e. The first-order valence-electron chi connectivity index (χ1n) is 6.84. The van der Waals surface area contributed by atoms with Crippen LogP contribution in [-0.4, -0.2) is 19.9 Å². The van der Waals surface area contributed by atoms with Crippen molar-refractivity contribution in [2.45, 2.75) is 19.4 Å². The maximum atomic E-state index is 5.58. The molecule has 0 spiro atoms. The molecule has 3 aromatic rings. The molecule has 0 saturated carbocycles. The van der Waals surface area contributed by atoms with E-state index in [1.165, 1.54) is 0 Å². The summed E-state index contributed by atoms with van der Waals surface area (Å²) in [7, 11) is 1.90. The highest BCUT2D eigenvalue weighted by Gasteiger charge is 2.09. The first-order chi connectivity index (χ1) is 10.2. The monoisotopic (exact) mass is 283 g/mol. The van der Waals surface area contributed by atoms with E-state index in [-0.39, 0.29) is 0 Å². The number of rotatable bonds is 5. The lowest BCUT2D eigenvalue weighted by atomic mass is 10.1. The molecule has 0 aliphatic carbocycles. The highest BCUT2D eigenvalue weighted by atomic mass is 16.5. The average molecular weight is 283 g/mol. The average Bonchev–Trinajstić information content (AvgIpc) is 3.14. The number of nitrogens with zero attached hydrogens (tertiary/aromatic N) is 4. The van der Waals surface area contributed by atoms with Gasteiger partial charge in [-0.1, -0.05) is 29.4 Å². The smallest absolute Gasteiger partial charge is 0.227 e. The van der Waals surface area contributed by atoms with Crippen molar-refractivity contribution in [3.8, 4) is 11.4 Å². The molecule has 0 aliphatic rings. The van der Waals surface area contributed by atoms with Crippen molar-refractivity contribution < 1.29 is 4.52 Å². The Morgan fingerprint density at radius 2 is 1.95 bits per heavy atom. The Morgan fingerprint density at radius 3 is 2.62 bits per heavy atom. The van der Waals surface area contributed by atoms with Crippen molar-refractivity contribution in [2.24, 2.45) is 12.8 Å². The molecule has 6 nitrogen and oxygen atoms in total. The molecule has 2 N–H and O–H groups in total. The van der Waals surface area contributed by atoms with Gasteiger partial charge in [0.15, 0.2) is 0 Å². The Morgan fingerprint density at radius 1 is 1.14 bits per heavy atom. The maximum absolute atomic E-state index is 5.58. The second kappa shape index (κ2) is 5.88. The van der Waals surface area contributed by atoms with Crippen LogP contribution in [0.1, 0.15) is 17.0 Å². The van der Waals surface area contributed by atoms with Crippen LogP contribution >= 0.6 is 0 Å². The van der Waals surface area contributed by atoms with Gasteiger partial charge >= 0.3 is 0 Å². The van der Waals surface area contributed by atoms with Crippen LogP contribution in [0.25, 0.3) is 11.4 Å². The number of aromatic nitrogens is 4. The van der Waals surface area contributed by atoms with E-state index in [4.69, 9.17) is 10.3 Å². The van der Waals surface area contributed by atoms with Crippen molar-refractivity contribution in [1.82, 2.24) is 19.9 Å². The third-order valence-electron chi connectivity index (χ3n) is 3.30. The fourth-order valence-electron chi connectivity index (χ4n) is 2.12. The number of hydrogen-bond acceptors (Lipinski definition) is 5. The summed E-state index contributed by atoms with van der Waals surface area (Å²) in [6.07, 6.45) is 5.38. The van der Waals surface area contributed by atoms with Crippen LogP contribution in [0.3, 0.4) is 0 Å². The molecule has 2 aromatic heterocycles. The van der Waals surface area contributed by atoms with E-state index in [9.17, 15) is 0 Å². The van der Waals surface area contributed by atoms with E-state index < -0.39 is 0 Å². The number of nitrogens with two attached hydrogens (primary N) is 1. The SMILES string of the molecule is Cn1cc(CCc2nc(-c3ccc(CN)cc3)no2)cn1. The minimum absolute atomic E-state index is 0.531.